The Hall–Kier alpha value is -1.64. The number of benzene rings is 1. The van der Waals surface area contributed by atoms with Crippen LogP contribution in [0.4, 0.5) is 5.69 Å². The average molecular weight is 503 g/mol. The number of rotatable bonds is 12. The highest BCUT2D eigenvalue weighted by Crippen LogP contribution is 2.38. The monoisotopic (exact) mass is 502 g/mol. The van der Waals surface area contributed by atoms with Crippen molar-refractivity contribution >= 4 is 57.9 Å². The van der Waals surface area contributed by atoms with Crippen LogP contribution in [0.3, 0.4) is 0 Å². The van der Waals surface area contributed by atoms with Gasteiger partial charge in [0.05, 0.1) is 16.7 Å². The minimum atomic E-state index is 0.0711. The van der Waals surface area contributed by atoms with Crippen LogP contribution in [0.25, 0.3) is 11.0 Å². The number of hydrogen-bond donors (Lipinski definition) is 2. The van der Waals surface area contributed by atoms with Crippen molar-refractivity contribution in [3.05, 3.63) is 36.0 Å². The van der Waals surface area contributed by atoms with E-state index in [1.165, 1.54) is 0 Å². The molecule has 0 atom stereocenters. The van der Waals surface area contributed by atoms with E-state index in [-0.39, 0.29) is 5.91 Å². The highest BCUT2D eigenvalue weighted by molar-refractivity contribution is 8.01. The van der Waals surface area contributed by atoms with Crippen LogP contribution < -0.4 is 5.32 Å². The summed E-state index contributed by atoms with van der Waals surface area (Å²) in [5, 5.41) is 5.90. The lowest BCUT2D eigenvalue weighted by atomic mass is 10.2. The zero-order valence-electron chi connectivity index (χ0n) is 20.1. The Morgan fingerprint density at radius 3 is 2.52 bits per heavy atom. The van der Waals surface area contributed by atoms with Crippen molar-refractivity contribution in [2.75, 3.05) is 11.1 Å². The molecule has 0 radical (unpaired) electrons. The van der Waals surface area contributed by atoms with Crippen LogP contribution in [0.2, 0.25) is 0 Å². The van der Waals surface area contributed by atoms with Crippen molar-refractivity contribution in [3.8, 4) is 0 Å². The van der Waals surface area contributed by atoms with Crippen molar-refractivity contribution in [1.82, 2.24) is 15.0 Å². The number of aromatic nitrogens is 3. The fourth-order valence-corrected chi connectivity index (χ4v) is 6.20. The van der Waals surface area contributed by atoms with Gasteiger partial charge < -0.3 is 10.3 Å². The first-order chi connectivity index (χ1) is 15.8. The maximum Gasteiger partial charge on any atom is 0.224 e. The van der Waals surface area contributed by atoms with E-state index in [1.807, 2.05) is 31.2 Å². The molecule has 0 aliphatic carbocycles. The molecule has 33 heavy (non-hydrogen) atoms. The van der Waals surface area contributed by atoms with Gasteiger partial charge >= 0.3 is 0 Å². The van der Waals surface area contributed by atoms with Gasteiger partial charge in [-0.1, -0.05) is 58.0 Å². The van der Waals surface area contributed by atoms with E-state index in [1.54, 1.807) is 35.3 Å². The molecule has 0 spiro atoms. The van der Waals surface area contributed by atoms with E-state index in [9.17, 15) is 4.79 Å². The Bertz CT molecular complexity index is 1000. The molecule has 0 saturated heterocycles. The van der Waals surface area contributed by atoms with Crippen molar-refractivity contribution in [2.24, 2.45) is 0 Å². The van der Waals surface area contributed by atoms with Crippen molar-refractivity contribution < 1.29 is 4.79 Å². The second-order valence-corrected chi connectivity index (χ2v) is 12.8. The lowest BCUT2D eigenvalue weighted by molar-refractivity contribution is -0.116. The first kappa shape index (κ1) is 26.0. The molecule has 8 heteroatoms. The van der Waals surface area contributed by atoms with Crippen LogP contribution in [-0.2, 0) is 4.79 Å². The van der Waals surface area contributed by atoms with Crippen molar-refractivity contribution in [2.45, 2.75) is 85.9 Å². The van der Waals surface area contributed by atoms with Crippen LogP contribution >= 0.6 is 35.3 Å². The smallest absolute Gasteiger partial charge is 0.224 e. The van der Waals surface area contributed by atoms with E-state index in [4.69, 9.17) is 4.98 Å². The van der Waals surface area contributed by atoms with Crippen LogP contribution in [0.1, 0.15) is 59.1 Å². The Kier molecular flexibility index (Phi) is 10.0. The van der Waals surface area contributed by atoms with Gasteiger partial charge in [-0.05, 0) is 38.0 Å². The molecule has 0 bridgehead atoms. The van der Waals surface area contributed by atoms with E-state index < -0.39 is 0 Å². The van der Waals surface area contributed by atoms with Gasteiger partial charge in [0.15, 0.2) is 5.16 Å². The molecule has 0 unspecified atom stereocenters. The maximum atomic E-state index is 12.7. The second-order valence-electron chi connectivity index (χ2n) is 8.54. The number of pyridine rings is 1. The molecule has 2 heterocycles. The molecular weight excluding hydrogens is 469 g/mol. The normalized spacial score (nSPS) is 11.6. The summed E-state index contributed by atoms with van der Waals surface area (Å²) >= 11 is 5.23. The van der Waals surface area contributed by atoms with Crippen molar-refractivity contribution in [3.63, 3.8) is 0 Å². The number of anilines is 1. The SMILES string of the molecule is Cc1cc(SC(C)C)c(NC(=O)CCCCCSc2nc3ccccc3[nH]2)c(SC(C)C)n1. The van der Waals surface area contributed by atoms with E-state index in [0.717, 1.165) is 62.5 Å². The quantitative estimate of drug-likeness (QED) is 0.197. The standard InChI is InChI=1S/C25H34N4OS3/c1-16(2)32-21-15-18(5)26-24(33-17(3)4)23(21)29-22(30)13-7-6-10-14-31-25-27-19-11-8-9-12-20(19)28-25/h8-9,11-12,15-17H,6-7,10,13-14H2,1-5H3,(H,27,28)(H,29,30). The summed E-state index contributed by atoms with van der Waals surface area (Å²) in [7, 11) is 0. The molecule has 0 aliphatic heterocycles. The zero-order chi connectivity index (χ0) is 23.8. The van der Waals surface area contributed by atoms with Gasteiger partial charge in [-0.2, -0.15) is 0 Å². The summed E-state index contributed by atoms with van der Waals surface area (Å²) in [6.45, 7) is 10.7. The molecule has 0 saturated carbocycles. The number of aromatic amines is 1. The number of aryl methyl sites for hydroxylation is 1. The molecule has 178 valence electrons. The number of hydrogen-bond acceptors (Lipinski definition) is 6. The maximum absolute atomic E-state index is 12.7. The van der Waals surface area contributed by atoms with Crippen LogP contribution in [0, 0.1) is 6.92 Å². The second kappa shape index (κ2) is 12.7. The third kappa shape index (κ3) is 8.26. The predicted octanol–water partition coefficient (Wildman–Crippen LogP) is 7.56. The number of H-pyrrole nitrogens is 1. The van der Waals surface area contributed by atoms with Gasteiger partial charge in [-0.15, -0.1) is 23.5 Å². The predicted molar refractivity (Wildman–Crippen MR) is 145 cm³/mol. The first-order valence-electron chi connectivity index (χ1n) is 11.5. The lowest BCUT2D eigenvalue weighted by Gasteiger charge is -2.18. The largest absolute Gasteiger partial charge is 0.333 e. The first-order valence-corrected chi connectivity index (χ1v) is 14.3. The third-order valence-corrected chi connectivity index (χ3v) is 7.70. The van der Waals surface area contributed by atoms with E-state index >= 15 is 0 Å². The minimum absolute atomic E-state index is 0.0711. The van der Waals surface area contributed by atoms with Gasteiger partial charge in [-0.25, -0.2) is 9.97 Å². The summed E-state index contributed by atoms with van der Waals surface area (Å²) in [5.74, 6) is 1.06. The molecule has 1 amide bonds. The molecule has 5 nitrogen and oxygen atoms in total. The highest BCUT2D eigenvalue weighted by atomic mass is 32.2. The fraction of sp³-hybridized carbons (Fsp3) is 0.480. The van der Waals surface area contributed by atoms with Gasteiger partial charge in [0.1, 0.15) is 5.03 Å². The fourth-order valence-electron chi connectivity index (χ4n) is 3.32. The number of para-hydroxylation sites is 2. The number of nitrogens with one attached hydrogen (secondary N) is 2. The molecule has 1 aromatic carbocycles. The molecule has 3 aromatic rings. The van der Waals surface area contributed by atoms with Gasteiger partial charge in [-0.3, -0.25) is 4.79 Å². The van der Waals surface area contributed by atoms with Gasteiger partial charge in [0.25, 0.3) is 0 Å². The molecular formula is C25H34N4OS3. The number of nitrogens with zero attached hydrogens (tertiary/aromatic N) is 2. The topological polar surface area (TPSA) is 70.7 Å². The summed E-state index contributed by atoms with van der Waals surface area (Å²) in [5.41, 5.74) is 3.95. The molecule has 0 fully saturated rings. The number of carbonyl (C=O) groups excluding carboxylic acids is 1. The van der Waals surface area contributed by atoms with Gasteiger partial charge in [0.2, 0.25) is 5.91 Å². The summed E-state index contributed by atoms with van der Waals surface area (Å²) in [6, 6.07) is 10.2. The minimum Gasteiger partial charge on any atom is -0.333 e. The number of fused-ring (bicyclic) bond motifs is 1. The number of carbonyl (C=O) groups is 1. The third-order valence-electron chi connectivity index (χ3n) is 4.71. The summed E-state index contributed by atoms with van der Waals surface area (Å²) in [6.07, 6.45) is 3.49. The molecule has 2 N–H and O–H groups in total. The Labute approximate surface area is 210 Å². The molecule has 2 aromatic heterocycles. The Balaban J connectivity index is 1.48. The summed E-state index contributed by atoms with van der Waals surface area (Å²) < 4.78 is 0. The zero-order valence-corrected chi connectivity index (χ0v) is 22.6. The number of thioether (sulfide) groups is 3. The van der Waals surface area contributed by atoms with E-state index in [2.05, 4.69) is 49.0 Å². The van der Waals surface area contributed by atoms with E-state index in [0.29, 0.717) is 16.9 Å². The van der Waals surface area contributed by atoms with Crippen LogP contribution in [-0.4, -0.2) is 37.1 Å². The number of unbranched alkanes of at least 4 members (excludes halogenated alkanes) is 2. The van der Waals surface area contributed by atoms with Gasteiger partial charge in [0, 0.05) is 33.3 Å². The Morgan fingerprint density at radius 1 is 1.03 bits per heavy atom. The highest BCUT2D eigenvalue weighted by Gasteiger charge is 2.17. The summed E-state index contributed by atoms with van der Waals surface area (Å²) in [4.78, 5) is 26.5. The number of imidazole rings is 1. The molecule has 3 rings (SSSR count). The Morgan fingerprint density at radius 2 is 1.79 bits per heavy atom. The van der Waals surface area contributed by atoms with Crippen LogP contribution in [0.5, 0.6) is 0 Å². The average Bonchev–Trinajstić information content (AvgIpc) is 3.15. The van der Waals surface area contributed by atoms with Crippen molar-refractivity contribution in [1.29, 1.82) is 0 Å². The number of amides is 1. The lowest BCUT2D eigenvalue weighted by Crippen LogP contribution is -2.14. The van der Waals surface area contributed by atoms with Crippen LogP contribution in [0.15, 0.2) is 45.4 Å². The molecule has 0 aliphatic rings.